The molecule has 1 aromatic heterocycles. The first-order valence-electron chi connectivity index (χ1n) is 10.2. The van der Waals surface area contributed by atoms with Gasteiger partial charge in [0.25, 0.3) is 0 Å². The summed E-state index contributed by atoms with van der Waals surface area (Å²) in [4.78, 5) is 42.1. The Kier molecular flexibility index (Phi) is 6.88. The molecule has 2 atom stereocenters. The Balaban J connectivity index is 1.60. The van der Waals surface area contributed by atoms with E-state index < -0.39 is 46.2 Å². The number of aromatic nitrogens is 2. The van der Waals surface area contributed by atoms with E-state index in [0.29, 0.717) is 22.2 Å². The molecule has 36 heavy (non-hydrogen) atoms. The number of fused-ring (bicyclic) bond motifs is 1. The van der Waals surface area contributed by atoms with Crippen LogP contribution in [0.5, 0.6) is 0 Å². The number of carbonyl (C=O) groups is 3. The van der Waals surface area contributed by atoms with Crippen molar-refractivity contribution in [1.82, 2.24) is 20.0 Å². The molecule has 1 unspecified atom stereocenters. The van der Waals surface area contributed by atoms with E-state index in [1.807, 2.05) is 0 Å². The lowest BCUT2D eigenvalue weighted by Crippen LogP contribution is -2.36. The van der Waals surface area contributed by atoms with E-state index in [9.17, 15) is 36.7 Å². The number of amides is 2. The average molecular weight is 547 g/mol. The molecule has 0 spiro atoms. The first-order valence-corrected chi connectivity index (χ1v) is 12.2. The molecule has 5 N–H and O–H groups in total. The van der Waals surface area contributed by atoms with Crippen molar-refractivity contribution >= 4 is 51.4 Å². The van der Waals surface area contributed by atoms with Crippen LogP contribution in [-0.4, -0.2) is 43.2 Å². The molecular formula is C21H18ClF3N4O6S. The van der Waals surface area contributed by atoms with Gasteiger partial charge in [-0.3, -0.25) is 18.6 Å². The molecule has 4 rings (SSSR count). The van der Waals surface area contributed by atoms with Crippen LogP contribution in [0.25, 0.3) is 11.0 Å². The zero-order valence-electron chi connectivity index (χ0n) is 18.0. The van der Waals surface area contributed by atoms with Gasteiger partial charge in [0.05, 0.1) is 23.5 Å². The van der Waals surface area contributed by atoms with E-state index in [1.165, 1.54) is 12.1 Å². The average Bonchev–Trinajstić information content (AvgIpc) is 3.32. The molecule has 2 amide bonds. The van der Waals surface area contributed by atoms with Crippen molar-refractivity contribution in [2.24, 2.45) is 0 Å². The summed E-state index contributed by atoms with van der Waals surface area (Å²) in [6, 6.07) is 10.3. The van der Waals surface area contributed by atoms with Gasteiger partial charge in [-0.15, -0.1) is 10.8 Å². The Hall–Kier alpha value is -3.33. The molecule has 1 saturated heterocycles. The van der Waals surface area contributed by atoms with Gasteiger partial charge in [-0.2, -0.15) is 13.2 Å². The molecule has 1 aliphatic rings. The predicted molar refractivity (Wildman–Crippen MR) is 123 cm³/mol. The highest BCUT2D eigenvalue weighted by molar-refractivity contribution is 8.23. The zero-order valence-corrected chi connectivity index (χ0v) is 19.6. The van der Waals surface area contributed by atoms with Gasteiger partial charge >= 0.3 is 18.2 Å². The number of alkyl carbamates (subject to hydrolysis) is 1. The second-order valence-corrected chi connectivity index (χ2v) is 10.2. The maximum absolute atomic E-state index is 12.5. The highest BCUT2D eigenvalue weighted by Gasteiger charge is 2.43. The molecule has 10 nitrogen and oxygen atoms in total. The number of rotatable bonds is 5. The minimum Gasteiger partial charge on any atom is -0.369 e. The molecular weight excluding hydrogens is 529 g/mol. The Morgan fingerprint density at radius 1 is 1.25 bits per heavy atom. The van der Waals surface area contributed by atoms with Crippen molar-refractivity contribution in [1.29, 1.82) is 0 Å². The summed E-state index contributed by atoms with van der Waals surface area (Å²) in [5, 5.41) is 1.35. The number of hydrogen-bond acceptors (Lipinski definition) is 7. The fourth-order valence-corrected chi connectivity index (χ4v) is 5.62. The third kappa shape index (κ3) is 5.56. The fraction of sp³-hybridized carbons (Fsp3) is 0.238. The topological polar surface area (TPSA) is 154 Å². The number of H-pyrrole nitrogens is 1. The van der Waals surface area contributed by atoms with Crippen molar-refractivity contribution in [3.8, 4) is 0 Å². The molecule has 0 saturated carbocycles. The number of hydrogen-bond donors (Lipinski definition) is 5. The summed E-state index contributed by atoms with van der Waals surface area (Å²) in [5.74, 6) is -3.04. The fourth-order valence-electron chi connectivity index (χ4n) is 3.71. The number of halogens is 4. The van der Waals surface area contributed by atoms with Gasteiger partial charge < -0.3 is 15.0 Å². The van der Waals surface area contributed by atoms with Gasteiger partial charge in [0, 0.05) is 11.4 Å². The number of esters is 1. The molecule has 0 aliphatic carbocycles. The second kappa shape index (κ2) is 9.61. The zero-order chi connectivity index (χ0) is 26.3. The molecule has 0 bridgehead atoms. The summed E-state index contributed by atoms with van der Waals surface area (Å²) < 4.78 is 63.7. The van der Waals surface area contributed by atoms with E-state index in [2.05, 4.69) is 24.7 Å². The van der Waals surface area contributed by atoms with Crippen LogP contribution >= 0.6 is 22.4 Å². The Bertz CT molecular complexity index is 1320. The predicted octanol–water partition coefficient (Wildman–Crippen LogP) is 4.54. The lowest BCUT2D eigenvalue weighted by molar-refractivity contribution is -0.192. The van der Waals surface area contributed by atoms with Gasteiger partial charge in [-0.1, -0.05) is 35.9 Å². The van der Waals surface area contributed by atoms with Crippen LogP contribution in [0.4, 0.5) is 18.0 Å². The SMILES string of the molecule is O=C1CC(c2ccc(C[C@H](NC(=O)OC(=O)C(F)(F)F)c3nc4ccccc4[nH]3)cc2Cl)S(O)(O)N1. The Labute approximate surface area is 207 Å². The largest absolute Gasteiger partial charge is 0.491 e. The third-order valence-electron chi connectivity index (χ3n) is 5.33. The van der Waals surface area contributed by atoms with E-state index >= 15 is 0 Å². The molecule has 192 valence electrons. The quantitative estimate of drug-likeness (QED) is 0.232. The summed E-state index contributed by atoms with van der Waals surface area (Å²) in [5.41, 5.74) is 1.90. The van der Waals surface area contributed by atoms with Gasteiger partial charge in [0.1, 0.15) is 11.1 Å². The van der Waals surface area contributed by atoms with Gasteiger partial charge in [-0.05, 0) is 29.3 Å². The molecule has 1 fully saturated rings. The second-order valence-electron chi connectivity index (χ2n) is 7.88. The Morgan fingerprint density at radius 3 is 2.58 bits per heavy atom. The number of alkyl halides is 3. The number of ether oxygens (including phenoxy) is 1. The number of aromatic amines is 1. The van der Waals surface area contributed by atoms with Crippen LogP contribution in [0.2, 0.25) is 5.02 Å². The molecule has 0 radical (unpaired) electrons. The third-order valence-corrected chi connectivity index (χ3v) is 7.40. The highest BCUT2D eigenvalue weighted by atomic mass is 35.5. The molecule has 2 aromatic carbocycles. The molecule has 2 heterocycles. The standard InChI is InChI=1S/C21H18ClF3N4O6S/c22-12-7-10(5-6-11(12)16-9-17(30)29-36(16,33)34)8-15(28-20(32)35-19(31)21(23,24)25)18-26-13-3-1-2-4-14(13)27-18/h1-7,15-16,33-34H,8-9H2,(H,26,27)(H,28,32)(H,29,30)/t15-,16?/m0/s1. The van der Waals surface area contributed by atoms with Crippen LogP contribution in [-0.2, 0) is 20.7 Å². The van der Waals surface area contributed by atoms with Crippen LogP contribution in [0, 0.1) is 0 Å². The van der Waals surface area contributed by atoms with Crippen LogP contribution in [0.15, 0.2) is 42.5 Å². The summed E-state index contributed by atoms with van der Waals surface area (Å²) in [6.07, 6.45) is -7.21. The lowest BCUT2D eigenvalue weighted by Gasteiger charge is -2.33. The number of carbonyl (C=O) groups excluding carboxylic acids is 3. The number of para-hydroxylation sites is 2. The first kappa shape index (κ1) is 25.8. The van der Waals surface area contributed by atoms with Gasteiger partial charge in [0.15, 0.2) is 0 Å². The van der Waals surface area contributed by atoms with Crippen molar-refractivity contribution in [2.45, 2.75) is 30.3 Å². The number of nitrogens with one attached hydrogen (secondary N) is 3. The number of benzene rings is 2. The molecule has 3 aromatic rings. The van der Waals surface area contributed by atoms with Crippen molar-refractivity contribution in [3.05, 3.63) is 64.4 Å². The summed E-state index contributed by atoms with van der Waals surface area (Å²) in [6.45, 7) is 0. The monoisotopic (exact) mass is 546 g/mol. The number of nitrogens with zero attached hydrogens (tertiary/aromatic N) is 1. The van der Waals surface area contributed by atoms with E-state index in [0.717, 1.165) is 0 Å². The summed E-state index contributed by atoms with van der Waals surface area (Å²) >= 11 is 6.35. The van der Waals surface area contributed by atoms with Crippen LogP contribution < -0.4 is 10.0 Å². The van der Waals surface area contributed by atoms with Crippen LogP contribution in [0.1, 0.15) is 34.7 Å². The minimum absolute atomic E-state index is 0.0484. The Morgan fingerprint density at radius 2 is 1.97 bits per heavy atom. The summed E-state index contributed by atoms with van der Waals surface area (Å²) in [7, 11) is -3.44. The van der Waals surface area contributed by atoms with Crippen molar-refractivity contribution < 1.29 is 41.4 Å². The van der Waals surface area contributed by atoms with Gasteiger partial charge in [0.2, 0.25) is 5.91 Å². The van der Waals surface area contributed by atoms with E-state index in [-0.39, 0.29) is 23.7 Å². The lowest BCUT2D eigenvalue weighted by atomic mass is 10.0. The van der Waals surface area contributed by atoms with E-state index in [1.54, 1.807) is 30.3 Å². The van der Waals surface area contributed by atoms with Crippen molar-refractivity contribution in [2.75, 3.05) is 0 Å². The van der Waals surface area contributed by atoms with Gasteiger partial charge in [-0.25, -0.2) is 14.6 Å². The maximum Gasteiger partial charge on any atom is 0.491 e. The minimum atomic E-state index is -5.36. The van der Waals surface area contributed by atoms with E-state index in [4.69, 9.17) is 11.6 Å². The van der Waals surface area contributed by atoms with Crippen LogP contribution in [0.3, 0.4) is 0 Å². The highest BCUT2D eigenvalue weighted by Crippen LogP contribution is 2.57. The first-order chi connectivity index (χ1) is 16.8. The number of imidazole rings is 1. The smallest absolute Gasteiger partial charge is 0.369 e. The maximum atomic E-state index is 12.5. The molecule has 1 aliphatic heterocycles. The molecule has 15 heteroatoms. The van der Waals surface area contributed by atoms with Crippen molar-refractivity contribution in [3.63, 3.8) is 0 Å². The normalized spacial score (nSPS) is 18.9.